The lowest BCUT2D eigenvalue weighted by Gasteiger charge is -2.36. The number of piperazine rings is 1. The Morgan fingerprint density at radius 2 is 1.66 bits per heavy atom. The maximum Gasteiger partial charge on any atom is 0.416 e. The molecular weight excluding hydrogens is 388 g/mol. The van der Waals surface area contributed by atoms with E-state index in [1.54, 1.807) is 10.6 Å². The number of para-hydroxylation sites is 2. The fourth-order valence-electron chi connectivity index (χ4n) is 3.68. The van der Waals surface area contributed by atoms with E-state index in [1.165, 1.54) is 12.1 Å². The number of imidazole rings is 1. The third-order valence-electron chi connectivity index (χ3n) is 5.23. The average molecular weight is 410 g/mol. The van der Waals surface area contributed by atoms with Gasteiger partial charge in [0.05, 0.1) is 16.6 Å². The molecule has 3 aromatic rings. The Labute approximate surface area is 164 Å². The van der Waals surface area contributed by atoms with Crippen molar-refractivity contribution in [3.8, 4) is 0 Å². The zero-order valence-electron chi connectivity index (χ0n) is 15.7. The van der Waals surface area contributed by atoms with E-state index in [2.05, 4.69) is 9.88 Å². The van der Waals surface area contributed by atoms with E-state index >= 15 is 0 Å². The van der Waals surface area contributed by atoms with Crippen LogP contribution in [0.2, 0.25) is 0 Å². The first-order valence-corrected chi connectivity index (χ1v) is 9.24. The Hall–Kier alpha value is -2.81. The van der Waals surface area contributed by atoms with E-state index in [4.69, 9.17) is 0 Å². The molecule has 0 saturated carbocycles. The molecule has 0 radical (unpaired) electrons. The summed E-state index contributed by atoms with van der Waals surface area (Å²) in [5.74, 6) is 0. The fraction of sp³-hybridized carbons (Fsp3) is 0.350. The van der Waals surface area contributed by atoms with Gasteiger partial charge in [-0.1, -0.05) is 18.2 Å². The zero-order chi connectivity index (χ0) is 19.7. The maximum absolute atomic E-state index is 12.9. The maximum atomic E-state index is 12.9. The van der Waals surface area contributed by atoms with Gasteiger partial charge in [0.2, 0.25) is 0 Å². The van der Waals surface area contributed by atoms with E-state index in [9.17, 15) is 18.0 Å². The zero-order valence-corrected chi connectivity index (χ0v) is 15.7. The molecule has 0 spiro atoms. The molecule has 2 heterocycles. The summed E-state index contributed by atoms with van der Waals surface area (Å²) in [4.78, 5) is 19.2. The number of halogens is 4. The van der Waals surface area contributed by atoms with Gasteiger partial charge >= 0.3 is 11.9 Å². The molecule has 29 heavy (non-hydrogen) atoms. The largest absolute Gasteiger partial charge is 0.416 e. The first-order chi connectivity index (χ1) is 13.4. The molecule has 0 unspecified atom stereocenters. The van der Waals surface area contributed by atoms with Crippen LogP contribution >= 0.6 is 0 Å². The van der Waals surface area contributed by atoms with E-state index in [0.717, 1.165) is 36.7 Å². The van der Waals surface area contributed by atoms with Crippen LogP contribution in [0.5, 0.6) is 0 Å². The Morgan fingerprint density at radius 1 is 0.931 bits per heavy atom. The Morgan fingerprint density at radius 3 is 2.38 bits per heavy atom. The van der Waals surface area contributed by atoms with Crippen LogP contribution in [0.25, 0.3) is 11.0 Å². The molecule has 0 aliphatic carbocycles. The van der Waals surface area contributed by atoms with Crippen LogP contribution in [0, 0.1) is 0 Å². The monoisotopic (exact) mass is 410 g/mol. The number of benzene rings is 2. The molecule has 1 fully saturated rings. The van der Waals surface area contributed by atoms with Gasteiger partial charge in [-0.05, 0) is 30.3 Å². The molecule has 0 bridgehead atoms. The summed E-state index contributed by atoms with van der Waals surface area (Å²) in [6.07, 6.45) is -4.33. The van der Waals surface area contributed by atoms with E-state index in [0.29, 0.717) is 25.3 Å². The van der Waals surface area contributed by atoms with Crippen molar-refractivity contribution in [1.29, 1.82) is 0 Å². The summed E-state index contributed by atoms with van der Waals surface area (Å²) in [6, 6.07) is 13.1. The highest BCUT2D eigenvalue weighted by Gasteiger charge is 2.31. The number of fused-ring (bicyclic) bond motifs is 1. The number of nitrogens with zero attached hydrogens (tertiary/aromatic N) is 3. The lowest BCUT2D eigenvalue weighted by molar-refractivity contribution is -0.137. The van der Waals surface area contributed by atoms with Crippen molar-refractivity contribution in [3.05, 3.63) is 64.6 Å². The third-order valence-corrected chi connectivity index (χ3v) is 5.23. The molecule has 1 aliphatic rings. The molecule has 0 atom stereocenters. The molecule has 1 aliphatic heterocycles. The predicted octanol–water partition coefficient (Wildman–Crippen LogP) is 3.32. The first kappa shape index (κ1) is 20.9. The number of aromatic nitrogens is 2. The second-order valence-electron chi connectivity index (χ2n) is 6.98. The Bertz CT molecular complexity index is 1020. The number of hydrogen-bond donors (Lipinski definition) is 1. The summed E-state index contributed by atoms with van der Waals surface area (Å²) in [6.45, 7) is 4.10. The third kappa shape index (κ3) is 4.45. The number of H-pyrrole nitrogens is 1. The molecule has 1 saturated heterocycles. The Balaban J connectivity index is 0.00000240. The summed E-state index contributed by atoms with van der Waals surface area (Å²) >= 11 is 0. The minimum atomic E-state index is -4.33. The van der Waals surface area contributed by atoms with E-state index in [1.807, 2.05) is 29.2 Å². The van der Waals surface area contributed by atoms with Gasteiger partial charge < -0.3 is 9.88 Å². The van der Waals surface area contributed by atoms with Crippen LogP contribution in [0.4, 0.5) is 23.6 Å². The van der Waals surface area contributed by atoms with Gasteiger partial charge in [-0.15, -0.1) is 0 Å². The molecular formula is C20H22F4N4O. The average Bonchev–Trinajstić information content (AvgIpc) is 3.01. The topological polar surface area (TPSA) is 44.3 Å². The highest BCUT2D eigenvalue weighted by atomic mass is 19.4. The van der Waals surface area contributed by atoms with Crippen LogP contribution in [0.15, 0.2) is 53.3 Å². The molecule has 4 rings (SSSR count). The van der Waals surface area contributed by atoms with Gasteiger partial charge in [0.1, 0.15) is 0 Å². The van der Waals surface area contributed by atoms with Gasteiger partial charge in [-0.2, -0.15) is 13.2 Å². The smallest absolute Gasteiger partial charge is 0.369 e. The number of anilines is 1. The van der Waals surface area contributed by atoms with Gasteiger partial charge in [0.25, 0.3) is 0 Å². The number of rotatable bonds is 4. The highest BCUT2D eigenvalue weighted by molar-refractivity contribution is 5.74. The molecule has 9 heteroatoms. The van der Waals surface area contributed by atoms with Crippen LogP contribution in [-0.2, 0) is 12.7 Å². The molecule has 0 amide bonds. The summed E-state index contributed by atoms with van der Waals surface area (Å²) in [5, 5.41) is 0. The number of alkyl halides is 3. The molecule has 1 N–H and O–H groups in total. The lowest BCUT2D eigenvalue weighted by atomic mass is 10.1. The summed E-state index contributed by atoms with van der Waals surface area (Å²) in [7, 11) is 0. The summed E-state index contributed by atoms with van der Waals surface area (Å²) < 4.78 is 40.5. The van der Waals surface area contributed by atoms with E-state index in [-0.39, 0.29) is 10.4 Å². The van der Waals surface area contributed by atoms with Gasteiger partial charge in [-0.25, -0.2) is 4.79 Å². The molecule has 1 aromatic heterocycles. The van der Waals surface area contributed by atoms with Crippen molar-refractivity contribution in [2.75, 3.05) is 37.6 Å². The Kier molecular flexibility index (Phi) is 5.97. The molecule has 2 aromatic carbocycles. The van der Waals surface area contributed by atoms with Crippen molar-refractivity contribution in [3.63, 3.8) is 0 Å². The predicted molar refractivity (Wildman–Crippen MR) is 105 cm³/mol. The SMILES string of the molecule is F.O=c1[nH]c2ccccc2n1CCN1CCN(c2cccc(C(F)(F)F)c2)CC1. The number of aromatic amines is 1. The molecule has 156 valence electrons. The standard InChI is InChI=1S/C20H21F3N4O.FH/c21-20(22,23)15-4-3-5-16(14-15)26-11-8-25(9-12-26)10-13-27-18-7-2-1-6-17(18)24-19(27)28;/h1-7,14H,8-13H2,(H,24,28);1H. The second kappa shape index (κ2) is 8.28. The van der Waals surface area contributed by atoms with Gasteiger partial charge in [0.15, 0.2) is 0 Å². The quantitative estimate of drug-likeness (QED) is 0.672. The van der Waals surface area contributed by atoms with Crippen molar-refractivity contribution in [2.24, 2.45) is 0 Å². The van der Waals surface area contributed by atoms with Crippen LogP contribution < -0.4 is 10.6 Å². The van der Waals surface area contributed by atoms with Crippen LogP contribution in [-0.4, -0.2) is 47.2 Å². The summed E-state index contributed by atoms with van der Waals surface area (Å²) in [5.41, 5.74) is 1.56. The minimum absolute atomic E-state index is 0. The minimum Gasteiger partial charge on any atom is -0.369 e. The normalized spacial score (nSPS) is 15.5. The van der Waals surface area contributed by atoms with Crippen molar-refractivity contribution in [1.82, 2.24) is 14.5 Å². The van der Waals surface area contributed by atoms with Gasteiger partial charge in [0, 0.05) is 45.0 Å². The lowest BCUT2D eigenvalue weighted by Crippen LogP contribution is -2.47. The fourth-order valence-corrected chi connectivity index (χ4v) is 3.68. The number of nitrogens with one attached hydrogen (secondary N) is 1. The highest BCUT2D eigenvalue weighted by Crippen LogP contribution is 2.31. The number of hydrogen-bond acceptors (Lipinski definition) is 3. The first-order valence-electron chi connectivity index (χ1n) is 9.24. The van der Waals surface area contributed by atoms with Crippen LogP contribution in [0.3, 0.4) is 0 Å². The van der Waals surface area contributed by atoms with E-state index < -0.39 is 11.7 Å². The van der Waals surface area contributed by atoms with Crippen molar-refractivity contribution >= 4 is 16.7 Å². The second-order valence-corrected chi connectivity index (χ2v) is 6.98. The molecule has 5 nitrogen and oxygen atoms in total. The van der Waals surface area contributed by atoms with Gasteiger partial charge in [-0.3, -0.25) is 14.2 Å². The van der Waals surface area contributed by atoms with Crippen molar-refractivity contribution < 1.29 is 17.9 Å². The van der Waals surface area contributed by atoms with Crippen LogP contribution in [0.1, 0.15) is 5.56 Å². The van der Waals surface area contributed by atoms with Crippen molar-refractivity contribution in [2.45, 2.75) is 12.7 Å².